The Morgan fingerprint density at radius 1 is 1.33 bits per heavy atom. The van der Waals surface area contributed by atoms with Gasteiger partial charge < -0.3 is 5.73 Å². The van der Waals surface area contributed by atoms with Crippen LogP contribution in [0.15, 0.2) is 24.8 Å². The molecule has 0 aromatic heterocycles. The van der Waals surface area contributed by atoms with Crippen molar-refractivity contribution in [1.29, 1.82) is 0 Å². The van der Waals surface area contributed by atoms with Crippen LogP contribution in [0.4, 0.5) is 5.69 Å². The number of hydrogen-bond donors (Lipinski definition) is 1. The first-order valence-electron chi connectivity index (χ1n) is 4.11. The molecule has 0 atom stereocenters. The van der Waals surface area contributed by atoms with Gasteiger partial charge in [-0.1, -0.05) is 18.2 Å². The fourth-order valence-electron chi connectivity index (χ4n) is 1.35. The van der Waals surface area contributed by atoms with Gasteiger partial charge in [-0.05, 0) is 37.0 Å². The van der Waals surface area contributed by atoms with E-state index in [4.69, 9.17) is 5.73 Å². The number of anilines is 1. The summed E-state index contributed by atoms with van der Waals surface area (Å²) in [4.78, 5) is 0. The molecule has 0 fully saturated rings. The van der Waals surface area contributed by atoms with Crippen molar-refractivity contribution in [2.75, 3.05) is 5.73 Å². The molecule has 0 spiro atoms. The minimum absolute atomic E-state index is 0.905. The van der Waals surface area contributed by atoms with Gasteiger partial charge in [0.2, 0.25) is 0 Å². The molecule has 1 aromatic rings. The molecule has 0 radical (unpaired) electrons. The summed E-state index contributed by atoms with van der Waals surface area (Å²) in [7, 11) is 0. The third-order valence-electron chi connectivity index (χ3n) is 2.03. The van der Waals surface area contributed by atoms with Crippen molar-refractivity contribution in [1.82, 2.24) is 0 Å². The van der Waals surface area contributed by atoms with Gasteiger partial charge in [0.1, 0.15) is 0 Å². The molecule has 0 bridgehead atoms. The fourth-order valence-corrected chi connectivity index (χ4v) is 1.35. The zero-order chi connectivity index (χ0) is 9.14. The lowest BCUT2D eigenvalue weighted by molar-refractivity contribution is 1.23. The number of aryl methyl sites for hydroxylation is 2. The van der Waals surface area contributed by atoms with Crippen molar-refractivity contribution in [3.05, 3.63) is 41.5 Å². The van der Waals surface area contributed by atoms with Crippen LogP contribution in [0.3, 0.4) is 0 Å². The van der Waals surface area contributed by atoms with Crippen LogP contribution in [-0.2, 0) is 6.42 Å². The summed E-state index contributed by atoms with van der Waals surface area (Å²) in [5, 5.41) is 0. The third-order valence-corrected chi connectivity index (χ3v) is 2.03. The summed E-state index contributed by atoms with van der Waals surface area (Å²) in [5.41, 5.74) is 10.3. The van der Waals surface area contributed by atoms with E-state index < -0.39 is 0 Å². The molecule has 0 unspecified atom stereocenters. The number of nitrogen functional groups attached to an aromatic ring is 1. The number of benzene rings is 1. The highest BCUT2D eigenvalue weighted by molar-refractivity contribution is 5.54. The number of allylic oxidation sites excluding steroid dienone is 1. The molecule has 0 heterocycles. The highest BCUT2D eigenvalue weighted by atomic mass is 14.6. The minimum atomic E-state index is 0.905. The molecule has 0 amide bonds. The van der Waals surface area contributed by atoms with Crippen LogP contribution < -0.4 is 5.73 Å². The lowest BCUT2D eigenvalue weighted by atomic mass is 10.0. The third kappa shape index (κ3) is 1.67. The predicted octanol–water partition coefficient (Wildman–Crippen LogP) is 2.61. The van der Waals surface area contributed by atoms with Gasteiger partial charge in [-0.2, -0.15) is 0 Å². The molecule has 12 heavy (non-hydrogen) atoms. The van der Waals surface area contributed by atoms with E-state index in [1.54, 1.807) is 0 Å². The molecule has 1 rings (SSSR count). The zero-order valence-corrected chi connectivity index (χ0v) is 7.72. The van der Waals surface area contributed by atoms with Crippen LogP contribution >= 0.6 is 0 Å². The van der Waals surface area contributed by atoms with Gasteiger partial charge in [0, 0.05) is 5.69 Å². The second-order valence-electron chi connectivity index (χ2n) is 3.14. The highest BCUT2D eigenvalue weighted by Gasteiger charge is 1.99. The van der Waals surface area contributed by atoms with Crippen molar-refractivity contribution >= 4 is 5.69 Å². The predicted molar refractivity (Wildman–Crippen MR) is 54.2 cm³/mol. The normalized spacial score (nSPS) is 9.83. The monoisotopic (exact) mass is 161 g/mol. The van der Waals surface area contributed by atoms with Gasteiger partial charge in [-0.15, -0.1) is 6.58 Å². The van der Waals surface area contributed by atoms with Crippen LogP contribution in [0.25, 0.3) is 0 Å². The minimum Gasteiger partial charge on any atom is -0.398 e. The van der Waals surface area contributed by atoms with Crippen molar-refractivity contribution in [3.8, 4) is 0 Å². The largest absolute Gasteiger partial charge is 0.398 e. The average Bonchev–Trinajstić information content (AvgIpc) is 2.01. The Bertz CT molecular complexity index is 277. The quantitative estimate of drug-likeness (QED) is 0.523. The van der Waals surface area contributed by atoms with E-state index in [2.05, 4.69) is 18.7 Å². The lowest BCUT2D eigenvalue weighted by Crippen LogP contribution is -1.95. The van der Waals surface area contributed by atoms with Crippen LogP contribution in [0.5, 0.6) is 0 Å². The maximum Gasteiger partial charge on any atom is 0.0373 e. The fraction of sp³-hybridized carbons (Fsp3) is 0.273. The first-order valence-corrected chi connectivity index (χ1v) is 4.11. The Hall–Kier alpha value is -1.24. The molecule has 2 N–H and O–H groups in total. The van der Waals surface area contributed by atoms with E-state index in [1.165, 1.54) is 5.56 Å². The van der Waals surface area contributed by atoms with Crippen LogP contribution in [0, 0.1) is 13.8 Å². The van der Waals surface area contributed by atoms with Gasteiger partial charge in [-0.3, -0.25) is 0 Å². The lowest BCUT2D eigenvalue weighted by Gasteiger charge is -2.06. The van der Waals surface area contributed by atoms with E-state index in [9.17, 15) is 0 Å². The summed E-state index contributed by atoms with van der Waals surface area (Å²) < 4.78 is 0. The Morgan fingerprint density at radius 2 is 1.83 bits per heavy atom. The molecular formula is C11H15N. The molecular weight excluding hydrogens is 146 g/mol. The second-order valence-corrected chi connectivity index (χ2v) is 3.14. The van der Waals surface area contributed by atoms with E-state index in [0.29, 0.717) is 0 Å². The van der Waals surface area contributed by atoms with Crippen LogP contribution in [0.1, 0.15) is 16.7 Å². The summed E-state index contributed by atoms with van der Waals surface area (Å²) >= 11 is 0. The summed E-state index contributed by atoms with van der Waals surface area (Å²) in [6.45, 7) is 7.78. The van der Waals surface area contributed by atoms with Crippen LogP contribution in [-0.4, -0.2) is 0 Å². The van der Waals surface area contributed by atoms with Crippen molar-refractivity contribution in [2.45, 2.75) is 20.3 Å². The number of rotatable bonds is 2. The van der Waals surface area contributed by atoms with E-state index in [-0.39, 0.29) is 0 Å². The Morgan fingerprint density at radius 3 is 2.25 bits per heavy atom. The molecule has 1 aromatic carbocycles. The van der Waals surface area contributed by atoms with E-state index in [0.717, 1.165) is 23.2 Å². The summed E-state index contributed by atoms with van der Waals surface area (Å²) in [5.74, 6) is 0. The van der Waals surface area contributed by atoms with Gasteiger partial charge in [-0.25, -0.2) is 0 Å². The SMILES string of the molecule is C=CCc1cc(C)c(N)c(C)c1. The van der Waals surface area contributed by atoms with Crippen LogP contribution in [0.2, 0.25) is 0 Å². The topological polar surface area (TPSA) is 26.0 Å². The van der Waals surface area contributed by atoms with Crippen molar-refractivity contribution in [2.24, 2.45) is 0 Å². The summed E-state index contributed by atoms with van der Waals surface area (Å²) in [6.07, 6.45) is 2.83. The highest BCUT2D eigenvalue weighted by Crippen LogP contribution is 2.18. The molecule has 1 nitrogen and oxygen atoms in total. The summed E-state index contributed by atoms with van der Waals surface area (Å²) in [6, 6.07) is 4.23. The first kappa shape index (κ1) is 8.85. The first-order chi connectivity index (χ1) is 5.65. The van der Waals surface area contributed by atoms with Gasteiger partial charge in [0.05, 0.1) is 0 Å². The average molecular weight is 161 g/mol. The molecule has 0 aliphatic heterocycles. The van der Waals surface area contributed by atoms with Crippen molar-refractivity contribution in [3.63, 3.8) is 0 Å². The number of nitrogens with two attached hydrogens (primary N) is 1. The second kappa shape index (κ2) is 3.44. The molecule has 0 aliphatic rings. The van der Waals surface area contributed by atoms with Gasteiger partial charge >= 0.3 is 0 Å². The molecule has 0 saturated heterocycles. The Labute approximate surface area is 73.9 Å². The maximum absolute atomic E-state index is 5.82. The molecule has 0 aliphatic carbocycles. The standard InChI is InChI=1S/C11H15N/c1-4-5-10-6-8(2)11(12)9(3)7-10/h4,6-7H,1,5,12H2,2-3H3. The Kier molecular flexibility index (Phi) is 2.54. The smallest absolute Gasteiger partial charge is 0.0373 e. The molecule has 0 saturated carbocycles. The van der Waals surface area contributed by atoms with E-state index >= 15 is 0 Å². The zero-order valence-electron chi connectivity index (χ0n) is 7.72. The van der Waals surface area contributed by atoms with Crippen molar-refractivity contribution < 1.29 is 0 Å². The van der Waals surface area contributed by atoms with Gasteiger partial charge in [0.25, 0.3) is 0 Å². The van der Waals surface area contributed by atoms with Gasteiger partial charge in [0.15, 0.2) is 0 Å². The number of hydrogen-bond acceptors (Lipinski definition) is 1. The Balaban J connectivity index is 3.11. The molecule has 1 heteroatoms. The molecule has 64 valence electrons. The van der Waals surface area contributed by atoms with E-state index in [1.807, 2.05) is 19.9 Å². The maximum atomic E-state index is 5.82.